The van der Waals surface area contributed by atoms with Crippen LogP contribution in [0, 0.1) is 13.8 Å². The topological polar surface area (TPSA) is 56.2 Å². The molecule has 0 aliphatic heterocycles. The summed E-state index contributed by atoms with van der Waals surface area (Å²) in [6.45, 7) is 1.36. The number of hydrogen-bond donors (Lipinski definition) is 1. The molecule has 1 heterocycles. The third-order valence-corrected chi connectivity index (χ3v) is 4.62. The maximum absolute atomic E-state index is 12.3. The van der Waals surface area contributed by atoms with Gasteiger partial charge in [-0.1, -0.05) is 35.9 Å². The fourth-order valence-electron chi connectivity index (χ4n) is 2.94. The molecule has 0 atom stereocenters. The van der Waals surface area contributed by atoms with E-state index in [0.29, 0.717) is 28.5 Å². The van der Waals surface area contributed by atoms with Crippen LogP contribution in [0.4, 0.5) is 14.5 Å². The first-order valence-electron chi connectivity index (χ1n) is 9.14. The van der Waals surface area contributed by atoms with Gasteiger partial charge in [0.2, 0.25) is 5.91 Å². The monoisotopic (exact) mass is 431 g/mol. The molecule has 0 bridgehead atoms. The molecule has 3 rings (SSSR count). The summed E-state index contributed by atoms with van der Waals surface area (Å²) in [6.07, 6.45) is 2.96. The van der Waals surface area contributed by atoms with Gasteiger partial charge in [-0.3, -0.25) is 9.48 Å². The Balaban J connectivity index is 1.66. The Morgan fingerprint density at radius 2 is 1.97 bits per heavy atom. The Morgan fingerprint density at radius 3 is 2.63 bits per heavy atom. The second kappa shape index (κ2) is 9.54. The van der Waals surface area contributed by atoms with Gasteiger partial charge in [-0.05, 0) is 55.3 Å². The molecular weight excluding hydrogens is 412 g/mol. The van der Waals surface area contributed by atoms with Gasteiger partial charge in [0, 0.05) is 11.1 Å². The Kier molecular flexibility index (Phi) is 6.84. The zero-order valence-corrected chi connectivity index (χ0v) is 17.2. The maximum Gasteiger partial charge on any atom is 0.387 e. The van der Waals surface area contributed by atoms with Gasteiger partial charge >= 0.3 is 6.61 Å². The molecule has 0 radical (unpaired) electrons. The molecular formula is C22H20ClF2N3O2. The van der Waals surface area contributed by atoms with Gasteiger partial charge in [0.15, 0.2) is 0 Å². The molecule has 5 nitrogen and oxygen atoms in total. The Morgan fingerprint density at radius 1 is 1.23 bits per heavy atom. The predicted octanol–water partition coefficient (Wildman–Crippen LogP) is 5.45. The minimum absolute atomic E-state index is 0.0602. The number of ether oxygens (including phenoxy) is 1. The summed E-state index contributed by atoms with van der Waals surface area (Å²) in [4.78, 5) is 12.3. The summed E-state index contributed by atoms with van der Waals surface area (Å²) in [5.41, 5.74) is 3.85. The number of hydrogen-bond acceptors (Lipinski definition) is 3. The van der Waals surface area contributed by atoms with Crippen LogP contribution < -0.4 is 10.1 Å². The smallest absolute Gasteiger partial charge is 0.387 e. The van der Waals surface area contributed by atoms with Crippen molar-refractivity contribution in [1.82, 2.24) is 9.78 Å². The fourth-order valence-corrected chi connectivity index (χ4v) is 3.15. The highest BCUT2D eigenvalue weighted by Crippen LogP contribution is 2.21. The molecule has 0 aliphatic rings. The molecule has 3 aromatic rings. The predicted molar refractivity (Wildman–Crippen MR) is 113 cm³/mol. The molecule has 2 aromatic carbocycles. The van der Waals surface area contributed by atoms with E-state index in [4.69, 9.17) is 11.6 Å². The zero-order chi connectivity index (χ0) is 21.7. The SMILES string of the molecule is Cc1nn(Cc2cccc(Cl)c2)c(C)c1NC(=O)/C=C\c1ccc(OC(F)F)cc1. The van der Waals surface area contributed by atoms with Crippen LogP contribution in [0.1, 0.15) is 22.5 Å². The van der Waals surface area contributed by atoms with Crippen LogP contribution in [0.25, 0.3) is 6.08 Å². The molecule has 30 heavy (non-hydrogen) atoms. The molecule has 0 saturated heterocycles. The van der Waals surface area contributed by atoms with Crippen LogP contribution in [-0.2, 0) is 11.3 Å². The summed E-state index contributed by atoms with van der Waals surface area (Å²) in [7, 11) is 0. The van der Waals surface area contributed by atoms with Gasteiger partial charge in [0.25, 0.3) is 0 Å². The van der Waals surface area contributed by atoms with Gasteiger partial charge in [0.1, 0.15) is 5.75 Å². The van der Waals surface area contributed by atoms with Crippen LogP contribution in [0.5, 0.6) is 5.75 Å². The molecule has 8 heteroatoms. The van der Waals surface area contributed by atoms with Crippen molar-refractivity contribution in [2.45, 2.75) is 27.0 Å². The van der Waals surface area contributed by atoms with E-state index in [-0.39, 0.29) is 11.7 Å². The highest BCUT2D eigenvalue weighted by molar-refractivity contribution is 6.30. The standard InChI is InChI=1S/C22H20ClF2N3O2/c1-14-21(15(2)28(27-14)13-17-4-3-5-18(23)12-17)26-20(29)11-8-16-6-9-19(10-7-16)30-22(24)25/h3-12,22H,13H2,1-2H3,(H,26,29)/b11-8-. The number of aromatic nitrogens is 2. The second-order valence-corrected chi connectivity index (χ2v) is 7.04. The highest BCUT2D eigenvalue weighted by atomic mass is 35.5. The van der Waals surface area contributed by atoms with E-state index < -0.39 is 6.61 Å². The van der Waals surface area contributed by atoms with E-state index in [2.05, 4.69) is 15.2 Å². The molecule has 1 aromatic heterocycles. The molecule has 1 amide bonds. The van der Waals surface area contributed by atoms with Crippen LogP contribution >= 0.6 is 11.6 Å². The Labute approximate surface area is 177 Å². The van der Waals surface area contributed by atoms with Crippen LogP contribution in [0.15, 0.2) is 54.6 Å². The molecule has 0 aliphatic carbocycles. The molecule has 156 valence electrons. The van der Waals surface area contributed by atoms with Gasteiger partial charge in [-0.25, -0.2) is 0 Å². The lowest BCUT2D eigenvalue weighted by atomic mass is 10.2. The first-order valence-corrected chi connectivity index (χ1v) is 9.52. The van der Waals surface area contributed by atoms with Crippen molar-refractivity contribution in [3.8, 4) is 5.75 Å². The van der Waals surface area contributed by atoms with Gasteiger partial charge in [0.05, 0.1) is 23.6 Å². The van der Waals surface area contributed by atoms with E-state index >= 15 is 0 Å². The number of alkyl halides is 2. The van der Waals surface area contributed by atoms with Crippen molar-refractivity contribution in [2.24, 2.45) is 0 Å². The summed E-state index contributed by atoms with van der Waals surface area (Å²) in [5, 5.41) is 8.00. The number of rotatable bonds is 7. The van der Waals surface area contributed by atoms with Gasteiger partial charge in [-0.15, -0.1) is 0 Å². The third-order valence-electron chi connectivity index (χ3n) is 4.38. The minimum Gasteiger partial charge on any atom is -0.435 e. The largest absolute Gasteiger partial charge is 0.435 e. The van der Waals surface area contributed by atoms with Crippen molar-refractivity contribution in [2.75, 3.05) is 5.32 Å². The molecule has 0 fully saturated rings. The summed E-state index contributed by atoms with van der Waals surface area (Å²) in [5.74, 6) is -0.263. The zero-order valence-electron chi connectivity index (χ0n) is 16.4. The summed E-state index contributed by atoms with van der Waals surface area (Å²) < 4.78 is 30.5. The quantitative estimate of drug-likeness (QED) is 0.506. The van der Waals surface area contributed by atoms with Crippen molar-refractivity contribution in [3.05, 3.63) is 82.1 Å². The van der Waals surface area contributed by atoms with Crippen LogP contribution in [0.2, 0.25) is 5.02 Å². The normalized spacial score (nSPS) is 11.3. The Hall–Kier alpha value is -3.19. The number of halogens is 3. The number of benzene rings is 2. The number of amides is 1. The third kappa shape index (κ3) is 5.67. The number of nitrogens with zero attached hydrogens (tertiary/aromatic N) is 2. The van der Waals surface area contributed by atoms with E-state index in [1.807, 2.05) is 42.8 Å². The minimum atomic E-state index is -2.87. The maximum atomic E-state index is 12.3. The van der Waals surface area contributed by atoms with Crippen molar-refractivity contribution < 1.29 is 18.3 Å². The lowest BCUT2D eigenvalue weighted by Gasteiger charge is -2.07. The lowest BCUT2D eigenvalue weighted by Crippen LogP contribution is -2.10. The number of carbonyl (C=O) groups is 1. The molecule has 0 spiro atoms. The van der Waals surface area contributed by atoms with Gasteiger partial charge in [-0.2, -0.15) is 13.9 Å². The fraction of sp³-hybridized carbons (Fsp3) is 0.182. The number of carbonyl (C=O) groups excluding carboxylic acids is 1. The van der Waals surface area contributed by atoms with Crippen LogP contribution in [-0.4, -0.2) is 22.3 Å². The Bertz CT molecular complexity index is 1060. The van der Waals surface area contributed by atoms with Crippen LogP contribution in [0.3, 0.4) is 0 Å². The highest BCUT2D eigenvalue weighted by Gasteiger charge is 2.13. The van der Waals surface area contributed by atoms with E-state index in [9.17, 15) is 13.6 Å². The number of aryl methyl sites for hydroxylation is 1. The summed E-state index contributed by atoms with van der Waals surface area (Å²) >= 11 is 6.04. The molecule has 0 unspecified atom stereocenters. The number of anilines is 1. The van der Waals surface area contributed by atoms with Gasteiger partial charge < -0.3 is 10.1 Å². The van der Waals surface area contributed by atoms with E-state index in [1.165, 1.54) is 18.2 Å². The summed E-state index contributed by atoms with van der Waals surface area (Å²) in [6, 6.07) is 13.5. The number of nitrogens with one attached hydrogen (secondary N) is 1. The average Bonchev–Trinajstić information content (AvgIpc) is 2.94. The molecule has 0 saturated carbocycles. The van der Waals surface area contributed by atoms with Crippen molar-refractivity contribution in [3.63, 3.8) is 0 Å². The first-order chi connectivity index (χ1) is 14.3. The first kappa shape index (κ1) is 21.5. The average molecular weight is 432 g/mol. The lowest BCUT2D eigenvalue weighted by molar-refractivity contribution is -0.111. The van der Waals surface area contributed by atoms with Crippen molar-refractivity contribution >= 4 is 29.3 Å². The van der Waals surface area contributed by atoms with Crippen molar-refractivity contribution in [1.29, 1.82) is 0 Å². The van der Waals surface area contributed by atoms with E-state index in [1.54, 1.807) is 18.2 Å². The molecule has 1 N–H and O–H groups in total. The van der Waals surface area contributed by atoms with E-state index in [0.717, 1.165) is 11.3 Å². The second-order valence-electron chi connectivity index (χ2n) is 6.60.